The Hall–Kier alpha value is -1.69. The predicted molar refractivity (Wildman–Crippen MR) is 80.3 cm³/mol. The standard InChI is InChI=1S/C17H21F2NO3/c1-23-13-7-5-12(6-8-13)14(11-3-4-11)20-15(21)17(18,19)16(22)9-2-10-16/h5-8,11,14,22H,2-4,9-10H2,1H3,(H,20,21). The molecule has 23 heavy (non-hydrogen) atoms. The van der Waals surface area contributed by atoms with Crippen LogP contribution in [0.3, 0.4) is 0 Å². The fraction of sp³-hybridized carbons (Fsp3) is 0.588. The van der Waals surface area contributed by atoms with E-state index in [-0.39, 0.29) is 18.8 Å². The molecular formula is C17H21F2NO3. The number of carbonyl (C=O) groups is 1. The zero-order valence-electron chi connectivity index (χ0n) is 13.0. The number of hydrogen-bond acceptors (Lipinski definition) is 3. The van der Waals surface area contributed by atoms with Crippen molar-refractivity contribution < 1.29 is 23.4 Å². The lowest BCUT2D eigenvalue weighted by atomic mass is 9.75. The molecule has 2 fully saturated rings. The normalized spacial score (nSPS) is 21.2. The molecule has 0 aliphatic heterocycles. The Balaban J connectivity index is 1.75. The zero-order valence-corrected chi connectivity index (χ0v) is 13.0. The summed E-state index contributed by atoms with van der Waals surface area (Å²) in [4.78, 5) is 12.1. The highest BCUT2D eigenvalue weighted by Gasteiger charge is 2.61. The number of rotatable bonds is 6. The third-order valence-electron chi connectivity index (χ3n) is 4.91. The summed E-state index contributed by atoms with van der Waals surface area (Å²) in [7, 11) is 1.55. The largest absolute Gasteiger partial charge is 0.497 e. The second-order valence-electron chi connectivity index (χ2n) is 6.52. The van der Waals surface area contributed by atoms with Crippen molar-refractivity contribution in [2.24, 2.45) is 5.92 Å². The number of aliphatic hydroxyl groups is 1. The van der Waals surface area contributed by atoms with Crippen LogP contribution < -0.4 is 10.1 Å². The first-order valence-electron chi connectivity index (χ1n) is 7.92. The maximum atomic E-state index is 14.2. The number of hydrogen-bond donors (Lipinski definition) is 2. The van der Waals surface area contributed by atoms with Crippen LogP contribution in [0, 0.1) is 5.92 Å². The van der Waals surface area contributed by atoms with Crippen molar-refractivity contribution >= 4 is 5.91 Å². The quantitative estimate of drug-likeness (QED) is 0.845. The molecule has 3 rings (SSSR count). The van der Waals surface area contributed by atoms with E-state index in [9.17, 15) is 18.7 Å². The molecule has 0 aromatic heterocycles. The summed E-state index contributed by atoms with van der Waals surface area (Å²) in [6.45, 7) is 0. The van der Waals surface area contributed by atoms with Crippen LogP contribution in [0.5, 0.6) is 5.75 Å². The van der Waals surface area contributed by atoms with E-state index in [0.29, 0.717) is 12.2 Å². The molecule has 2 saturated carbocycles. The smallest absolute Gasteiger partial charge is 0.352 e. The van der Waals surface area contributed by atoms with Crippen molar-refractivity contribution in [1.29, 1.82) is 0 Å². The lowest BCUT2D eigenvalue weighted by Gasteiger charge is -2.42. The van der Waals surface area contributed by atoms with Gasteiger partial charge >= 0.3 is 5.92 Å². The van der Waals surface area contributed by atoms with Crippen molar-refractivity contribution in [3.63, 3.8) is 0 Å². The van der Waals surface area contributed by atoms with Gasteiger partial charge in [0.1, 0.15) is 11.4 Å². The molecule has 2 N–H and O–H groups in total. The summed E-state index contributed by atoms with van der Waals surface area (Å²) < 4.78 is 33.6. The van der Waals surface area contributed by atoms with Gasteiger partial charge in [0, 0.05) is 0 Å². The Labute approximate surface area is 133 Å². The number of ether oxygens (including phenoxy) is 1. The van der Waals surface area contributed by atoms with E-state index in [4.69, 9.17) is 4.74 Å². The summed E-state index contributed by atoms with van der Waals surface area (Å²) in [5.41, 5.74) is -1.41. The molecule has 0 heterocycles. The van der Waals surface area contributed by atoms with Gasteiger partial charge in [-0.15, -0.1) is 0 Å². The Morgan fingerprint density at radius 1 is 1.35 bits per heavy atom. The molecule has 4 nitrogen and oxygen atoms in total. The Kier molecular flexibility index (Phi) is 4.04. The molecule has 1 atom stereocenters. The first-order valence-corrected chi connectivity index (χ1v) is 7.92. The van der Waals surface area contributed by atoms with E-state index in [0.717, 1.165) is 18.4 Å². The number of nitrogens with one attached hydrogen (secondary N) is 1. The van der Waals surface area contributed by atoms with Crippen molar-refractivity contribution in [3.05, 3.63) is 29.8 Å². The highest BCUT2D eigenvalue weighted by molar-refractivity contribution is 5.85. The van der Waals surface area contributed by atoms with Gasteiger partial charge in [0.2, 0.25) is 0 Å². The molecule has 1 aromatic rings. The van der Waals surface area contributed by atoms with Crippen molar-refractivity contribution in [3.8, 4) is 5.75 Å². The number of methoxy groups -OCH3 is 1. The first kappa shape index (κ1) is 16.2. The lowest BCUT2D eigenvalue weighted by Crippen LogP contribution is -2.61. The number of alkyl halides is 2. The van der Waals surface area contributed by atoms with Crippen molar-refractivity contribution in [2.45, 2.75) is 49.7 Å². The van der Waals surface area contributed by atoms with E-state index < -0.39 is 23.5 Å². The molecule has 0 radical (unpaired) electrons. The van der Waals surface area contributed by atoms with Crippen LogP contribution in [-0.2, 0) is 4.79 Å². The monoisotopic (exact) mass is 325 g/mol. The van der Waals surface area contributed by atoms with Gasteiger partial charge in [-0.3, -0.25) is 4.79 Å². The van der Waals surface area contributed by atoms with Gasteiger partial charge in [0.05, 0.1) is 13.2 Å². The molecule has 0 spiro atoms. The van der Waals surface area contributed by atoms with Crippen LogP contribution in [-0.4, -0.2) is 29.6 Å². The van der Waals surface area contributed by atoms with E-state index in [2.05, 4.69) is 5.32 Å². The molecule has 1 unspecified atom stereocenters. The van der Waals surface area contributed by atoms with Crippen LogP contribution >= 0.6 is 0 Å². The number of halogens is 2. The number of carbonyl (C=O) groups excluding carboxylic acids is 1. The molecule has 6 heteroatoms. The highest BCUT2D eigenvalue weighted by Crippen LogP contribution is 2.46. The van der Waals surface area contributed by atoms with Gasteiger partial charge < -0.3 is 15.2 Å². The molecular weight excluding hydrogens is 304 g/mol. The Morgan fingerprint density at radius 3 is 2.39 bits per heavy atom. The number of amides is 1. The summed E-state index contributed by atoms with van der Waals surface area (Å²) >= 11 is 0. The van der Waals surface area contributed by atoms with Gasteiger partial charge in [0.15, 0.2) is 0 Å². The van der Waals surface area contributed by atoms with E-state index in [1.54, 1.807) is 31.4 Å². The van der Waals surface area contributed by atoms with Crippen LogP contribution in [0.4, 0.5) is 8.78 Å². The topological polar surface area (TPSA) is 58.6 Å². The third kappa shape index (κ3) is 2.92. The summed E-state index contributed by atoms with van der Waals surface area (Å²) in [6, 6.07) is 6.59. The minimum Gasteiger partial charge on any atom is -0.497 e. The fourth-order valence-electron chi connectivity index (χ4n) is 2.98. The molecule has 2 aliphatic rings. The van der Waals surface area contributed by atoms with Gasteiger partial charge in [-0.05, 0) is 55.7 Å². The molecule has 126 valence electrons. The van der Waals surface area contributed by atoms with Crippen LogP contribution in [0.1, 0.15) is 43.7 Å². The van der Waals surface area contributed by atoms with Crippen LogP contribution in [0.25, 0.3) is 0 Å². The minimum absolute atomic E-state index is 0.0376. The zero-order chi connectivity index (χ0) is 16.7. The van der Waals surface area contributed by atoms with Gasteiger partial charge in [-0.2, -0.15) is 8.78 Å². The summed E-state index contributed by atoms with van der Waals surface area (Å²) in [5, 5.41) is 12.3. The Morgan fingerprint density at radius 2 is 1.96 bits per heavy atom. The minimum atomic E-state index is -3.76. The molecule has 0 bridgehead atoms. The summed E-state index contributed by atoms with van der Waals surface area (Å²) in [5.74, 6) is -4.31. The van der Waals surface area contributed by atoms with Gasteiger partial charge in [-0.1, -0.05) is 12.1 Å². The van der Waals surface area contributed by atoms with Crippen LogP contribution in [0.2, 0.25) is 0 Å². The second kappa shape index (κ2) is 5.74. The maximum absolute atomic E-state index is 14.2. The Bertz CT molecular complexity index is 580. The van der Waals surface area contributed by atoms with Crippen molar-refractivity contribution in [2.75, 3.05) is 7.11 Å². The average molecular weight is 325 g/mol. The van der Waals surface area contributed by atoms with E-state index in [1.165, 1.54) is 0 Å². The van der Waals surface area contributed by atoms with Gasteiger partial charge in [0.25, 0.3) is 5.91 Å². The van der Waals surface area contributed by atoms with Crippen molar-refractivity contribution in [1.82, 2.24) is 5.32 Å². The van der Waals surface area contributed by atoms with E-state index >= 15 is 0 Å². The first-order chi connectivity index (χ1) is 10.9. The molecule has 1 amide bonds. The number of benzene rings is 1. The van der Waals surface area contributed by atoms with E-state index in [1.807, 2.05) is 0 Å². The lowest BCUT2D eigenvalue weighted by molar-refractivity contribution is -0.216. The summed E-state index contributed by atoms with van der Waals surface area (Å²) in [6.07, 6.45) is 2.23. The average Bonchev–Trinajstić information content (AvgIpc) is 3.34. The molecule has 0 saturated heterocycles. The SMILES string of the molecule is COc1ccc(C(NC(=O)C(F)(F)C2(O)CCC2)C2CC2)cc1. The maximum Gasteiger partial charge on any atom is 0.352 e. The predicted octanol–water partition coefficient (Wildman–Crippen LogP) is 2.81. The fourth-order valence-corrected chi connectivity index (χ4v) is 2.98. The molecule has 2 aliphatic carbocycles. The van der Waals surface area contributed by atoms with Gasteiger partial charge in [-0.25, -0.2) is 0 Å². The van der Waals surface area contributed by atoms with Crippen LogP contribution in [0.15, 0.2) is 24.3 Å². The second-order valence-corrected chi connectivity index (χ2v) is 6.52. The molecule has 1 aromatic carbocycles. The highest BCUT2D eigenvalue weighted by atomic mass is 19.3. The third-order valence-corrected chi connectivity index (χ3v) is 4.91.